The number of carbonyl (C=O) groups excluding carboxylic acids is 1. The molecule has 1 atom stereocenters. The first-order chi connectivity index (χ1) is 6.06. The van der Waals surface area contributed by atoms with Crippen LogP contribution in [0.15, 0.2) is 6.07 Å². The molecule has 0 radical (unpaired) electrons. The molecule has 13 heavy (non-hydrogen) atoms. The van der Waals surface area contributed by atoms with Crippen LogP contribution < -0.4 is 11.5 Å². The molecule has 0 saturated carbocycles. The van der Waals surface area contributed by atoms with Crippen LogP contribution in [0.4, 0.5) is 5.82 Å². The number of nitrogen functional groups attached to an aromatic ring is 1. The molecule has 1 amide bonds. The molecule has 72 valence electrons. The van der Waals surface area contributed by atoms with Crippen LogP contribution in [0.5, 0.6) is 0 Å². The van der Waals surface area contributed by atoms with E-state index < -0.39 is 6.04 Å². The number of carbonyl (C=O) groups is 1. The van der Waals surface area contributed by atoms with Crippen LogP contribution in [-0.2, 0) is 4.79 Å². The van der Waals surface area contributed by atoms with Gasteiger partial charge in [-0.3, -0.25) is 9.48 Å². The topological polar surface area (TPSA) is 86.9 Å². The molecule has 5 nitrogen and oxygen atoms in total. The summed E-state index contributed by atoms with van der Waals surface area (Å²) >= 11 is 0. The number of hydrogen-bond donors (Lipinski definition) is 2. The van der Waals surface area contributed by atoms with E-state index in [1.165, 1.54) is 0 Å². The van der Waals surface area contributed by atoms with E-state index in [-0.39, 0.29) is 5.91 Å². The van der Waals surface area contributed by atoms with Gasteiger partial charge in [-0.1, -0.05) is 6.92 Å². The number of amides is 1. The molecule has 1 aromatic rings. The Labute approximate surface area is 76.7 Å². The van der Waals surface area contributed by atoms with E-state index in [1.807, 2.05) is 13.8 Å². The van der Waals surface area contributed by atoms with E-state index in [9.17, 15) is 4.79 Å². The highest BCUT2D eigenvalue weighted by atomic mass is 16.1. The zero-order chi connectivity index (χ0) is 10.0. The zero-order valence-corrected chi connectivity index (χ0v) is 7.82. The minimum Gasteiger partial charge on any atom is -0.382 e. The summed E-state index contributed by atoms with van der Waals surface area (Å²) < 4.78 is 1.57. The SMILES string of the molecule is CCC(C(N)=O)n1nc(N)cc1C. The van der Waals surface area contributed by atoms with Crippen molar-refractivity contribution in [3.63, 3.8) is 0 Å². The first-order valence-corrected chi connectivity index (χ1v) is 4.17. The fourth-order valence-corrected chi connectivity index (χ4v) is 1.32. The Hall–Kier alpha value is -1.52. The molecule has 0 spiro atoms. The Bertz CT molecular complexity index is 318. The Morgan fingerprint density at radius 2 is 2.38 bits per heavy atom. The molecule has 1 heterocycles. The summed E-state index contributed by atoms with van der Waals surface area (Å²) in [6.45, 7) is 3.72. The normalized spacial score (nSPS) is 12.8. The van der Waals surface area contributed by atoms with Crippen LogP contribution in [0.25, 0.3) is 0 Å². The van der Waals surface area contributed by atoms with Crippen LogP contribution in [0.3, 0.4) is 0 Å². The number of aryl methyl sites for hydroxylation is 1. The Kier molecular flexibility index (Phi) is 2.55. The van der Waals surface area contributed by atoms with Gasteiger partial charge in [-0.15, -0.1) is 0 Å². The summed E-state index contributed by atoms with van der Waals surface area (Å²) in [5.74, 6) is 0.0332. The predicted octanol–water partition coefficient (Wildman–Crippen LogP) is 0.210. The van der Waals surface area contributed by atoms with E-state index in [4.69, 9.17) is 11.5 Å². The van der Waals surface area contributed by atoms with Crippen molar-refractivity contribution in [2.45, 2.75) is 26.3 Å². The summed E-state index contributed by atoms with van der Waals surface area (Å²) in [4.78, 5) is 11.0. The van der Waals surface area contributed by atoms with E-state index in [0.717, 1.165) is 5.69 Å². The van der Waals surface area contributed by atoms with Crippen molar-refractivity contribution >= 4 is 11.7 Å². The Morgan fingerprint density at radius 3 is 2.69 bits per heavy atom. The molecule has 1 unspecified atom stereocenters. The van der Waals surface area contributed by atoms with Crippen molar-refractivity contribution in [3.05, 3.63) is 11.8 Å². The third-order valence-electron chi connectivity index (χ3n) is 1.95. The van der Waals surface area contributed by atoms with E-state index in [2.05, 4.69) is 5.10 Å². The highest BCUT2D eigenvalue weighted by Gasteiger charge is 2.17. The third kappa shape index (κ3) is 1.80. The molecule has 1 aromatic heterocycles. The molecular formula is C8H14N4O. The van der Waals surface area contributed by atoms with Crippen molar-refractivity contribution in [1.29, 1.82) is 0 Å². The average Bonchev–Trinajstić information content (AvgIpc) is 2.31. The quantitative estimate of drug-likeness (QED) is 0.700. The van der Waals surface area contributed by atoms with Crippen molar-refractivity contribution < 1.29 is 4.79 Å². The van der Waals surface area contributed by atoms with Crippen LogP contribution in [0.1, 0.15) is 25.1 Å². The van der Waals surface area contributed by atoms with Gasteiger partial charge in [0.15, 0.2) is 0 Å². The van der Waals surface area contributed by atoms with Gasteiger partial charge in [0.2, 0.25) is 5.91 Å². The summed E-state index contributed by atoms with van der Waals surface area (Å²) in [6, 6.07) is 1.32. The lowest BCUT2D eigenvalue weighted by Crippen LogP contribution is -2.27. The second-order valence-corrected chi connectivity index (χ2v) is 2.98. The second-order valence-electron chi connectivity index (χ2n) is 2.98. The van der Waals surface area contributed by atoms with Gasteiger partial charge in [-0.05, 0) is 13.3 Å². The number of primary amides is 1. The fraction of sp³-hybridized carbons (Fsp3) is 0.500. The van der Waals surface area contributed by atoms with Crippen molar-refractivity contribution in [2.24, 2.45) is 5.73 Å². The fourth-order valence-electron chi connectivity index (χ4n) is 1.32. The lowest BCUT2D eigenvalue weighted by Gasteiger charge is -2.12. The molecule has 0 saturated heterocycles. The van der Waals surface area contributed by atoms with Crippen molar-refractivity contribution in [2.75, 3.05) is 5.73 Å². The monoisotopic (exact) mass is 182 g/mol. The number of anilines is 1. The molecule has 4 N–H and O–H groups in total. The van der Waals surface area contributed by atoms with E-state index in [1.54, 1.807) is 10.7 Å². The summed E-state index contributed by atoms with van der Waals surface area (Å²) in [5, 5.41) is 4.00. The number of hydrogen-bond acceptors (Lipinski definition) is 3. The van der Waals surface area contributed by atoms with Gasteiger partial charge in [-0.25, -0.2) is 0 Å². The molecule has 0 bridgehead atoms. The van der Waals surface area contributed by atoms with E-state index >= 15 is 0 Å². The highest BCUT2D eigenvalue weighted by molar-refractivity contribution is 5.78. The predicted molar refractivity (Wildman–Crippen MR) is 49.9 cm³/mol. The smallest absolute Gasteiger partial charge is 0.242 e. The number of aromatic nitrogens is 2. The first kappa shape index (κ1) is 9.57. The van der Waals surface area contributed by atoms with Gasteiger partial charge in [0, 0.05) is 11.8 Å². The molecule has 5 heteroatoms. The minimum absolute atomic E-state index is 0.381. The maximum atomic E-state index is 11.0. The van der Waals surface area contributed by atoms with Gasteiger partial charge in [0.1, 0.15) is 11.9 Å². The Balaban J connectivity index is 3.04. The van der Waals surface area contributed by atoms with Gasteiger partial charge in [0.25, 0.3) is 0 Å². The zero-order valence-electron chi connectivity index (χ0n) is 7.82. The second kappa shape index (κ2) is 3.47. The maximum Gasteiger partial charge on any atom is 0.242 e. The first-order valence-electron chi connectivity index (χ1n) is 4.17. The number of nitrogens with two attached hydrogens (primary N) is 2. The summed E-state index contributed by atoms with van der Waals surface area (Å²) in [6.07, 6.45) is 0.622. The minimum atomic E-state index is -0.391. The van der Waals surface area contributed by atoms with E-state index in [0.29, 0.717) is 12.2 Å². The molecule has 0 aliphatic rings. The lowest BCUT2D eigenvalue weighted by atomic mass is 10.2. The molecular weight excluding hydrogens is 168 g/mol. The maximum absolute atomic E-state index is 11.0. The van der Waals surface area contributed by atoms with Crippen LogP contribution in [-0.4, -0.2) is 15.7 Å². The van der Waals surface area contributed by atoms with Gasteiger partial charge < -0.3 is 11.5 Å². The van der Waals surface area contributed by atoms with Crippen molar-refractivity contribution in [3.8, 4) is 0 Å². The number of nitrogens with zero attached hydrogens (tertiary/aromatic N) is 2. The summed E-state index contributed by atoms with van der Waals surface area (Å²) in [7, 11) is 0. The Morgan fingerprint density at radius 1 is 1.77 bits per heavy atom. The van der Waals surface area contributed by atoms with Crippen LogP contribution in [0, 0.1) is 6.92 Å². The highest BCUT2D eigenvalue weighted by Crippen LogP contribution is 2.14. The number of rotatable bonds is 3. The van der Waals surface area contributed by atoms with Crippen LogP contribution in [0.2, 0.25) is 0 Å². The van der Waals surface area contributed by atoms with Gasteiger partial charge >= 0.3 is 0 Å². The molecule has 0 fully saturated rings. The molecule has 0 aliphatic heterocycles. The summed E-state index contributed by atoms with van der Waals surface area (Å²) in [5.41, 5.74) is 11.6. The molecule has 0 aliphatic carbocycles. The van der Waals surface area contributed by atoms with Crippen LogP contribution >= 0.6 is 0 Å². The largest absolute Gasteiger partial charge is 0.382 e. The van der Waals surface area contributed by atoms with Gasteiger partial charge in [-0.2, -0.15) is 5.10 Å². The average molecular weight is 182 g/mol. The van der Waals surface area contributed by atoms with Crippen molar-refractivity contribution in [1.82, 2.24) is 9.78 Å². The third-order valence-corrected chi connectivity index (χ3v) is 1.95. The lowest BCUT2D eigenvalue weighted by molar-refractivity contribution is -0.121. The molecule has 1 rings (SSSR count). The van der Waals surface area contributed by atoms with Gasteiger partial charge in [0.05, 0.1) is 0 Å². The molecule has 0 aromatic carbocycles. The standard InChI is InChI=1S/C8H14N4O/c1-3-6(8(10)13)12-5(2)4-7(9)11-12/h4,6H,3H2,1-2H3,(H2,9,11)(H2,10,13).